The van der Waals surface area contributed by atoms with Crippen LogP contribution in [0.1, 0.15) is 92.9 Å². The fourth-order valence-corrected chi connectivity index (χ4v) is 2.68. The molecule has 0 aromatic heterocycles. The van der Waals surface area contributed by atoms with Gasteiger partial charge >= 0.3 is 0 Å². The maximum atomic E-state index is 5.79. The maximum absolute atomic E-state index is 5.79. The van der Waals surface area contributed by atoms with E-state index in [0.717, 1.165) is 25.9 Å². The molecule has 0 heterocycles. The Morgan fingerprint density at radius 1 is 0.692 bits per heavy atom. The minimum Gasteiger partial charge on any atom is -0.353 e. The van der Waals surface area contributed by atoms with Gasteiger partial charge in [0.1, 0.15) is 0 Å². The van der Waals surface area contributed by atoms with Crippen molar-refractivity contribution in [2.75, 3.05) is 13.2 Å². The Morgan fingerprint density at radius 2 is 1.27 bits per heavy atom. The first-order chi connectivity index (χ1) is 12.5. The fraction of sp³-hybridized carbons (Fsp3) is 0.909. The summed E-state index contributed by atoms with van der Waals surface area (Å²) in [6.45, 7) is 13.7. The molecule has 0 aliphatic carbocycles. The summed E-state index contributed by atoms with van der Waals surface area (Å²) in [5.41, 5.74) is 0. The van der Waals surface area contributed by atoms with Crippen LogP contribution in [0.2, 0.25) is 0 Å². The molecule has 0 spiro atoms. The van der Waals surface area contributed by atoms with Gasteiger partial charge < -0.3 is 18.9 Å². The molecule has 0 N–H and O–H groups in total. The Kier molecular flexibility index (Phi) is 17.7. The van der Waals surface area contributed by atoms with E-state index in [1.54, 1.807) is 0 Å². The summed E-state index contributed by atoms with van der Waals surface area (Å²) in [5.74, 6) is 0. The van der Waals surface area contributed by atoms with E-state index in [0.29, 0.717) is 6.61 Å². The third kappa shape index (κ3) is 18.4. The van der Waals surface area contributed by atoms with Crippen molar-refractivity contribution < 1.29 is 18.9 Å². The zero-order chi connectivity index (χ0) is 19.6. The number of rotatable bonds is 18. The molecule has 0 amide bonds. The third-order valence-electron chi connectivity index (χ3n) is 3.86. The molecular weight excluding hydrogens is 328 g/mol. The van der Waals surface area contributed by atoms with Gasteiger partial charge in [-0.05, 0) is 60.8 Å². The zero-order valence-corrected chi connectivity index (χ0v) is 18.2. The Labute approximate surface area is 162 Å². The highest BCUT2D eigenvalue weighted by Gasteiger charge is 2.11. The van der Waals surface area contributed by atoms with Crippen LogP contribution < -0.4 is 0 Å². The largest absolute Gasteiger partial charge is 0.353 e. The Bertz CT molecular complexity index is 305. The first-order valence-corrected chi connectivity index (χ1v) is 10.6. The first-order valence-electron chi connectivity index (χ1n) is 10.6. The second-order valence-electron chi connectivity index (χ2n) is 7.31. The summed E-state index contributed by atoms with van der Waals surface area (Å²) in [6.07, 6.45) is 14.2. The van der Waals surface area contributed by atoms with E-state index < -0.39 is 0 Å². The Balaban J connectivity index is 3.51. The quantitative estimate of drug-likeness (QED) is 0.162. The predicted octanol–water partition coefficient (Wildman–Crippen LogP) is 6.24. The van der Waals surface area contributed by atoms with Gasteiger partial charge in [0, 0.05) is 19.6 Å². The smallest absolute Gasteiger partial charge is 0.161 e. The van der Waals surface area contributed by atoms with Crippen molar-refractivity contribution in [1.29, 1.82) is 0 Å². The highest BCUT2D eigenvalue weighted by atomic mass is 16.7. The van der Waals surface area contributed by atoms with Crippen LogP contribution in [-0.4, -0.2) is 38.0 Å². The SMILES string of the molecule is CCOC(C)OCCCCCCCC/C=C/CC(OC(C)C)OC(C)C. The second-order valence-corrected chi connectivity index (χ2v) is 7.31. The number of allylic oxidation sites excluding steroid dienone is 1. The molecule has 0 bridgehead atoms. The highest BCUT2D eigenvalue weighted by molar-refractivity contribution is 4.83. The van der Waals surface area contributed by atoms with Crippen LogP contribution in [0.5, 0.6) is 0 Å². The normalized spacial score (nSPS) is 13.6. The van der Waals surface area contributed by atoms with Crippen molar-refractivity contribution >= 4 is 0 Å². The average Bonchev–Trinajstić information content (AvgIpc) is 2.54. The molecule has 26 heavy (non-hydrogen) atoms. The maximum Gasteiger partial charge on any atom is 0.161 e. The molecule has 0 aliphatic heterocycles. The molecule has 1 atom stereocenters. The van der Waals surface area contributed by atoms with Crippen molar-refractivity contribution in [2.24, 2.45) is 0 Å². The lowest BCUT2D eigenvalue weighted by molar-refractivity contribution is -0.178. The zero-order valence-electron chi connectivity index (χ0n) is 18.2. The third-order valence-corrected chi connectivity index (χ3v) is 3.86. The molecule has 1 unspecified atom stereocenters. The molecule has 4 heteroatoms. The first kappa shape index (κ1) is 25.6. The monoisotopic (exact) mass is 372 g/mol. The fourth-order valence-electron chi connectivity index (χ4n) is 2.68. The molecule has 0 aromatic rings. The van der Waals surface area contributed by atoms with Crippen LogP contribution in [0.4, 0.5) is 0 Å². The average molecular weight is 373 g/mol. The molecule has 4 nitrogen and oxygen atoms in total. The predicted molar refractivity (Wildman–Crippen MR) is 109 cm³/mol. The van der Waals surface area contributed by atoms with Crippen molar-refractivity contribution in [2.45, 2.75) is 118 Å². The molecule has 0 aromatic carbocycles. The Morgan fingerprint density at radius 3 is 1.85 bits per heavy atom. The van der Waals surface area contributed by atoms with Crippen LogP contribution in [-0.2, 0) is 18.9 Å². The van der Waals surface area contributed by atoms with Crippen LogP contribution in [0.15, 0.2) is 12.2 Å². The number of hydrogen-bond donors (Lipinski definition) is 0. The summed E-state index contributed by atoms with van der Waals surface area (Å²) < 4.78 is 22.5. The van der Waals surface area contributed by atoms with Gasteiger partial charge in [-0.15, -0.1) is 0 Å². The molecular formula is C22H44O4. The second kappa shape index (κ2) is 18.0. The van der Waals surface area contributed by atoms with E-state index in [4.69, 9.17) is 18.9 Å². The van der Waals surface area contributed by atoms with Gasteiger partial charge in [-0.3, -0.25) is 0 Å². The summed E-state index contributed by atoms with van der Waals surface area (Å²) in [6, 6.07) is 0. The highest BCUT2D eigenvalue weighted by Crippen LogP contribution is 2.11. The van der Waals surface area contributed by atoms with Crippen LogP contribution in [0.3, 0.4) is 0 Å². The van der Waals surface area contributed by atoms with Gasteiger partial charge in [-0.25, -0.2) is 0 Å². The molecule has 0 fully saturated rings. The molecule has 0 saturated heterocycles. The van der Waals surface area contributed by atoms with Gasteiger partial charge in [0.25, 0.3) is 0 Å². The summed E-state index contributed by atoms with van der Waals surface area (Å²) in [7, 11) is 0. The topological polar surface area (TPSA) is 36.9 Å². The summed E-state index contributed by atoms with van der Waals surface area (Å²) in [5, 5.41) is 0. The van der Waals surface area contributed by atoms with Crippen molar-refractivity contribution in [1.82, 2.24) is 0 Å². The minimum absolute atomic E-state index is 0.0664. The van der Waals surface area contributed by atoms with Crippen LogP contribution in [0, 0.1) is 0 Å². The molecule has 156 valence electrons. The van der Waals surface area contributed by atoms with Crippen molar-refractivity contribution in [3.05, 3.63) is 12.2 Å². The van der Waals surface area contributed by atoms with Gasteiger partial charge in [0.05, 0.1) is 12.2 Å². The summed E-state index contributed by atoms with van der Waals surface area (Å²) >= 11 is 0. The molecule has 0 radical (unpaired) electrons. The lowest BCUT2D eigenvalue weighted by atomic mass is 10.1. The van der Waals surface area contributed by atoms with Gasteiger partial charge in [0.15, 0.2) is 12.6 Å². The van der Waals surface area contributed by atoms with Gasteiger partial charge in [-0.2, -0.15) is 0 Å². The van der Waals surface area contributed by atoms with Gasteiger partial charge in [-0.1, -0.05) is 37.8 Å². The lowest BCUT2D eigenvalue weighted by Crippen LogP contribution is -2.23. The van der Waals surface area contributed by atoms with Gasteiger partial charge in [0.2, 0.25) is 0 Å². The number of hydrogen-bond acceptors (Lipinski definition) is 4. The molecule has 0 aliphatic rings. The molecule has 0 rings (SSSR count). The van der Waals surface area contributed by atoms with Crippen LogP contribution >= 0.6 is 0 Å². The number of ether oxygens (including phenoxy) is 4. The minimum atomic E-state index is -0.126. The number of unbranched alkanes of at least 4 members (excludes halogenated alkanes) is 6. The summed E-state index contributed by atoms with van der Waals surface area (Å²) in [4.78, 5) is 0. The van der Waals surface area contributed by atoms with Crippen molar-refractivity contribution in [3.63, 3.8) is 0 Å². The van der Waals surface area contributed by atoms with Crippen molar-refractivity contribution in [3.8, 4) is 0 Å². The van der Waals surface area contributed by atoms with E-state index in [1.165, 1.54) is 32.1 Å². The van der Waals surface area contributed by atoms with E-state index in [-0.39, 0.29) is 24.8 Å². The van der Waals surface area contributed by atoms with Crippen LogP contribution in [0.25, 0.3) is 0 Å². The lowest BCUT2D eigenvalue weighted by Gasteiger charge is -2.21. The molecule has 0 saturated carbocycles. The standard InChI is InChI=1S/C22H44O4/c1-7-23-21(6)24-18-16-14-12-10-8-9-11-13-15-17-22(25-19(2)3)26-20(4)5/h13,15,19-22H,7-12,14,16-18H2,1-6H3/b15-13+. The van der Waals surface area contributed by atoms with E-state index >= 15 is 0 Å². The van der Waals surface area contributed by atoms with E-state index in [2.05, 4.69) is 12.2 Å². The van der Waals surface area contributed by atoms with E-state index in [9.17, 15) is 0 Å². The van der Waals surface area contributed by atoms with E-state index in [1.807, 2.05) is 41.5 Å². The Hall–Kier alpha value is -0.420.